The highest BCUT2D eigenvalue weighted by Gasteiger charge is 2.54. The monoisotopic (exact) mass is 278 g/mol. The maximum absolute atomic E-state index is 12.2. The van der Waals surface area contributed by atoms with Crippen LogP contribution in [0.4, 0.5) is 0 Å². The number of rotatable bonds is 3. The molecular weight excluding hydrogens is 260 g/mol. The number of furan rings is 1. The average molecular weight is 278 g/mol. The van der Waals surface area contributed by atoms with Crippen molar-refractivity contribution in [3.8, 4) is 0 Å². The van der Waals surface area contributed by atoms with Gasteiger partial charge in [0, 0.05) is 12.3 Å². The number of ketones is 3. The van der Waals surface area contributed by atoms with E-state index in [1.807, 2.05) is 0 Å². The second-order valence-corrected chi connectivity index (χ2v) is 5.72. The van der Waals surface area contributed by atoms with Crippen molar-refractivity contribution in [2.24, 2.45) is 11.8 Å². The van der Waals surface area contributed by atoms with E-state index in [1.165, 1.54) is 27.0 Å². The third-order valence-corrected chi connectivity index (χ3v) is 4.01. The third kappa shape index (κ3) is 2.33. The van der Waals surface area contributed by atoms with Crippen LogP contribution in [0, 0.1) is 11.8 Å². The van der Waals surface area contributed by atoms with Gasteiger partial charge in [0.05, 0.1) is 23.7 Å². The Morgan fingerprint density at radius 2 is 2.00 bits per heavy atom. The van der Waals surface area contributed by atoms with Crippen molar-refractivity contribution in [2.45, 2.75) is 38.7 Å². The first-order valence-electron chi connectivity index (χ1n) is 6.55. The molecular formula is C15H18O5. The van der Waals surface area contributed by atoms with E-state index in [-0.39, 0.29) is 23.8 Å². The Balaban J connectivity index is 2.58. The summed E-state index contributed by atoms with van der Waals surface area (Å²) in [5.41, 5.74) is -1.47. The van der Waals surface area contributed by atoms with Gasteiger partial charge in [-0.2, -0.15) is 0 Å². The van der Waals surface area contributed by atoms with Crippen LogP contribution in [-0.2, 0) is 14.4 Å². The summed E-state index contributed by atoms with van der Waals surface area (Å²) in [7, 11) is 0. The molecule has 0 spiro atoms. The molecule has 5 nitrogen and oxygen atoms in total. The summed E-state index contributed by atoms with van der Waals surface area (Å²) < 4.78 is 5.31. The van der Waals surface area contributed by atoms with Crippen molar-refractivity contribution in [1.82, 2.24) is 0 Å². The summed E-state index contributed by atoms with van der Waals surface area (Å²) in [6, 6.07) is 3.27. The number of carbonyl (C=O) groups is 3. The van der Waals surface area contributed by atoms with Gasteiger partial charge in [0.25, 0.3) is 0 Å². The molecule has 108 valence electrons. The summed E-state index contributed by atoms with van der Waals surface area (Å²) in [6.07, 6.45) is 1.23. The van der Waals surface area contributed by atoms with E-state index in [2.05, 4.69) is 0 Å². The van der Waals surface area contributed by atoms with Crippen molar-refractivity contribution in [3.05, 3.63) is 24.2 Å². The highest BCUT2D eigenvalue weighted by atomic mass is 16.3. The minimum atomic E-state index is -1.47. The number of carbonyl (C=O) groups excluding carboxylic acids is 3. The molecule has 0 aliphatic heterocycles. The summed E-state index contributed by atoms with van der Waals surface area (Å²) >= 11 is 0. The molecule has 0 unspecified atom stereocenters. The fourth-order valence-corrected chi connectivity index (χ4v) is 3.33. The summed E-state index contributed by atoms with van der Waals surface area (Å²) in [5, 5.41) is 10.4. The maximum atomic E-state index is 12.2. The van der Waals surface area contributed by atoms with Crippen molar-refractivity contribution >= 4 is 17.3 Å². The van der Waals surface area contributed by atoms with Crippen LogP contribution in [0.3, 0.4) is 0 Å². The normalized spacial score (nSPS) is 34.0. The SMILES string of the molecule is CC(=O)[C@H]1C(=O)C[C@@](C)(O)[C@H](C(C)=O)[C@@H]1c1ccco1. The Kier molecular flexibility index (Phi) is 3.65. The molecule has 1 N–H and O–H groups in total. The Bertz CT molecular complexity index is 541. The summed E-state index contributed by atoms with van der Waals surface area (Å²) in [4.78, 5) is 36.0. The molecule has 4 atom stereocenters. The molecule has 0 amide bonds. The highest BCUT2D eigenvalue weighted by Crippen LogP contribution is 2.46. The smallest absolute Gasteiger partial charge is 0.146 e. The van der Waals surface area contributed by atoms with Crippen molar-refractivity contribution in [3.63, 3.8) is 0 Å². The van der Waals surface area contributed by atoms with E-state index in [9.17, 15) is 19.5 Å². The Morgan fingerprint density at radius 1 is 1.35 bits per heavy atom. The lowest BCUT2D eigenvalue weighted by molar-refractivity contribution is -0.152. The van der Waals surface area contributed by atoms with Crippen LogP contribution in [0.25, 0.3) is 0 Å². The van der Waals surface area contributed by atoms with Gasteiger partial charge >= 0.3 is 0 Å². The van der Waals surface area contributed by atoms with Crippen LogP contribution in [0.1, 0.15) is 38.9 Å². The molecule has 0 saturated heterocycles. The largest absolute Gasteiger partial charge is 0.469 e. The van der Waals surface area contributed by atoms with E-state index in [0.717, 1.165) is 0 Å². The topological polar surface area (TPSA) is 84.6 Å². The van der Waals surface area contributed by atoms with Gasteiger partial charge < -0.3 is 9.52 Å². The summed E-state index contributed by atoms with van der Waals surface area (Å²) in [6.45, 7) is 4.15. The van der Waals surface area contributed by atoms with E-state index < -0.39 is 23.4 Å². The first-order chi connectivity index (χ1) is 9.25. The lowest BCUT2D eigenvalue weighted by Gasteiger charge is -2.43. The lowest BCUT2D eigenvalue weighted by atomic mass is 9.61. The molecule has 2 rings (SSSR count). The van der Waals surface area contributed by atoms with Gasteiger partial charge in [0.15, 0.2) is 0 Å². The highest BCUT2D eigenvalue weighted by molar-refractivity contribution is 6.04. The van der Waals surface area contributed by atoms with Crippen molar-refractivity contribution in [2.75, 3.05) is 0 Å². The molecule has 1 fully saturated rings. The van der Waals surface area contributed by atoms with Gasteiger partial charge in [-0.05, 0) is 32.9 Å². The molecule has 0 bridgehead atoms. The number of hydrogen-bond acceptors (Lipinski definition) is 5. The minimum Gasteiger partial charge on any atom is -0.469 e. The fourth-order valence-electron chi connectivity index (χ4n) is 3.33. The fraction of sp³-hybridized carbons (Fsp3) is 0.533. The van der Waals surface area contributed by atoms with Crippen LogP contribution in [-0.4, -0.2) is 28.1 Å². The Labute approximate surface area is 117 Å². The van der Waals surface area contributed by atoms with Gasteiger partial charge in [-0.15, -0.1) is 0 Å². The van der Waals surface area contributed by atoms with Gasteiger partial charge in [-0.3, -0.25) is 14.4 Å². The predicted octanol–water partition coefficient (Wildman–Crippen LogP) is 1.50. The molecule has 1 aliphatic carbocycles. The molecule has 1 aromatic rings. The zero-order valence-corrected chi connectivity index (χ0v) is 11.8. The molecule has 0 aromatic carbocycles. The zero-order valence-electron chi connectivity index (χ0n) is 11.8. The summed E-state index contributed by atoms with van der Waals surface area (Å²) in [5.74, 6) is -3.03. The lowest BCUT2D eigenvalue weighted by Crippen LogP contribution is -2.53. The van der Waals surface area contributed by atoms with Crippen LogP contribution in [0.5, 0.6) is 0 Å². The first-order valence-corrected chi connectivity index (χ1v) is 6.55. The van der Waals surface area contributed by atoms with E-state index in [4.69, 9.17) is 4.42 Å². The van der Waals surface area contributed by atoms with Crippen LogP contribution >= 0.6 is 0 Å². The molecule has 1 aliphatic rings. The molecule has 20 heavy (non-hydrogen) atoms. The molecule has 1 saturated carbocycles. The van der Waals surface area contributed by atoms with Gasteiger partial charge in [-0.1, -0.05) is 0 Å². The van der Waals surface area contributed by atoms with Gasteiger partial charge in [-0.25, -0.2) is 0 Å². The number of aliphatic hydroxyl groups is 1. The van der Waals surface area contributed by atoms with Crippen molar-refractivity contribution < 1.29 is 23.9 Å². The van der Waals surface area contributed by atoms with Crippen LogP contribution in [0.2, 0.25) is 0 Å². The average Bonchev–Trinajstić information content (AvgIpc) is 2.77. The van der Waals surface area contributed by atoms with Gasteiger partial charge in [0.2, 0.25) is 0 Å². The van der Waals surface area contributed by atoms with E-state index in [1.54, 1.807) is 12.1 Å². The standard InChI is InChI=1S/C15H18O5/c1-8(16)12-10(18)7-15(3,19)14(9(2)17)13(12)11-5-4-6-20-11/h4-6,12-14,19H,7H2,1-3H3/t12-,13+,14+,15+/m0/s1. The van der Waals surface area contributed by atoms with Crippen LogP contribution < -0.4 is 0 Å². The number of Topliss-reactive ketones (excluding diaryl/α,β-unsaturated/α-hetero) is 3. The second kappa shape index (κ2) is 4.98. The van der Waals surface area contributed by atoms with Crippen molar-refractivity contribution in [1.29, 1.82) is 0 Å². The molecule has 1 aromatic heterocycles. The first kappa shape index (κ1) is 14.7. The number of hydrogen-bond donors (Lipinski definition) is 1. The quantitative estimate of drug-likeness (QED) is 0.847. The van der Waals surface area contributed by atoms with Crippen LogP contribution in [0.15, 0.2) is 22.8 Å². The predicted molar refractivity (Wildman–Crippen MR) is 70.0 cm³/mol. The zero-order chi connectivity index (χ0) is 15.1. The Morgan fingerprint density at radius 3 is 2.45 bits per heavy atom. The Hall–Kier alpha value is -1.75. The molecule has 5 heteroatoms. The minimum absolute atomic E-state index is 0.196. The maximum Gasteiger partial charge on any atom is 0.146 e. The van der Waals surface area contributed by atoms with E-state index in [0.29, 0.717) is 5.76 Å². The molecule has 1 heterocycles. The second-order valence-electron chi connectivity index (χ2n) is 5.72. The van der Waals surface area contributed by atoms with E-state index >= 15 is 0 Å². The molecule has 0 radical (unpaired) electrons. The van der Waals surface area contributed by atoms with Gasteiger partial charge in [0.1, 0.15) is 23.1 Å². The third-order valence-electron chi connectivity index (χ3n) is 4.01.